The van der Waals surface area contributed by atoms with Gasteiger partial charge in [0.25, 0.3) is 11.8 Å². The van der Waals surface area contributed by atoms with Crippen LogP contribution < -0.4 is 0 Å². The third-order valence-electron chi connectivity index (χ3n) is 7.01. The number of hydrogen-bond donors (Lipinski definition) is 0. The Hall–Kier alpha value is -2.94. The van der Waals surface area contributed by atoms with Crippen molar-refractivity contribution in [3.63, 3.8) is 0 Å². The van der Waals surface area contributed by atoms with Crippen molar-refractivity contribution in [1.29, 1.82) is 0 Å². The highest BCUT2D eigenvalue weighted by Crippen LogP contribution is 2.39. The van der Waals surface area contributed by atoms with Gasteiger partial charge in [-0.25, -0.2) is 0 Å². The normalized spacial score (nSPS) is 21.9. The zero-order valence-electron chi connectivity index (χ0n) is 19.4. The fraction of sp³-hybridized carbons (Fsp3) is 0.423. The van der Waals surface area contributed by atoms with Gasteiger partial charge in [-0.1, -0.05) is 35.9 Å². The van der Waals surface area contributed by atoms with Crippen LogP contribution in [0.15, 0.2) is 54.6 Å². The number of likely N-dealkylation sites (tertiary alicyclic amines) is 1. The van der Waals surface area contributed by atoms with Crippen LogP contribution in [-0.2, 0) is 14.3 Å². The van der Waals surface area contributed by atoms with E-state index >= 15 is 0 Å². The minimum atomic E-state index is -0.940. The molecule has 184 valence electrons. The van der Waals surface area contributed by atoms with Crippen LogP contribution >= 0.6 is 11.6 Å². The number of carbonyl (C=O) groups excluding carboxylic acids is 3. The molecule has 0 aromatic heterocycles. The number of piperidine rings is 1. The van der Waals surface area contributed by atoms with E-state index in [-0.39, 0.29) is 24.3 Å². The lowest BCUT2D eigenvalue weighted by Gasteiger charge is -2.45. The lowest BCUT2D eigenvalue weighted by Crippen LogP contribution is -2.60. The van der Waals surface area contributed by atoms with Gasteiger partial charge in [-0.15, -0.1) is 0 Å². The first-order valence-electron chi connectivity index (χ1n) is 11.9. The standard InChI is InChI=1S/C26H28ClN3O5/c27-21-8-4-7-20(17-21)23(31)28-11-9-26(10-12-28)30(24(32)19-5-2-1-3-6-19)22(18-35-26)25(33)29-13-15-34-16-14-29/h1-8,17,22H,9-16,18H2. The molecule has 0 N–H and O–H groups in total. The molecule has 2 aromatic rings. The fourth-order valence-corrected chi connectivity index (χ4v) is 5.32. The van der Waals surface area contributed by atoms with Crippen LogP contribution in [0.25, 0.3) is 0 Å². The SMILES string of the molecule is O=C(c1cccc(Cl)c1)N1CCC2(CC1)OCC(C(=O)N1CCOCC1)N2C(=O)c1ccccc1. The molecule has 3 fully saturated rings. The maximum Gasteiger partial charge on any atom is 0.256 e. The molecule has 35 heavy (non-hydrogen) atoms. The Balaban J connectivity index is 1.38. The smallest absolute Gasteiger partial charge is 0.256 e. The van der Waals surface area contributed by atoms with Crippen molar-refractivity contribution in [3.05, 3.63) is 70.7 Å². The van der Waals surface area contributed by atoms with Crippen LogP contribution in [0, 0.1) is 0 Å². The van der Waals surface area contributed by atoms with Gasteiger partial charge in [0, 0.05) is 55.2 Å². The molecule has 1 unspecified atom stereocenters. The van der Waals surface area contributed by atoms with Crippen molar-refractivity contribution in [1.82, 2.24) is 14.7 Å². The summed E-state index contributed by atoms with van der Waals surface area (Å²) < 4.78 is 11.7. The Morgan fingerprint density at radius 2 is 1.51 bits per heavy atom. The quantitative estimate of drug-likeness (QED) is 0.651. The third-order valence-corrected chi connectivity index (χ3v) is 7.25. The predicted molar refractivity (Wildman–Crippen MR) is 129 cm³/mol. The second-order valence-electron chi connectivity index (χ2n) is 9.05. The Bertz CT molecular complexity index is 1100. The van der Waals surface area contributed by atoms with E-state index in [0.29, 0.717) is 68.4 Å². The first-order chi connectivity index (χ1) is 17.0. The second kappa shape index (κ2) is 9.97. The first kappa shape index (κ1) is 23.8. The van der Waals surface area contributed by atoms with Gasteiger partial charge in [-0.2, -0.15) is 0 Å². The van der Waals surface area contributed by atoms with E-state index in [1.54, 1.807) is 51.1 Å². The highest BCUT2D eigenvalue weighted by Gasteiger charge is 2.55. The minimum absolute atomic E-state index is 0.109. The summed E-state index contributed by atoms with van der Waals surface area (Å²) in [5, 5.41) is 0.507. The van der Waals surface area contributed by atoms with Crippen molar-refractivity contribution in [2.45, 2.75) is 24.6 Å². The number of benzene rings is 2. The van der Waals surface area contributed by atoms with Crippen LogP contribution in [0.2, 0.25) is 5.02 Å². The average Bonchev–Trinajstić information content (AvgIpc) is 3.27. The number of ether oxygens (including phenoxy) is 2. The van der Waals surface area contributed by atoms with Gasteiger partial charge < -0.3 is 19.3 Å². The van der Waals surface area contributed by atoms with Crippen molar-refractivity contribution in [2.24, 2.45) is 0 Å². The topological polar surface area (TPSA) is 79.4 Å². The van der Waals surface area contributed by atoms with Gasteiger partial charge in [0.15, 0.2) is 0 Å². The summed E-state index contributed by atoms with van der Waals surface area (Å²) in [5.74, 6) is -0.460. The molecule has 0 bridgehead atoms. The van der Waals surface area contributed by atoms with E-state index in [2.05, 4.69) is 0 Å². The summed E-state index contributed by atoms with van der Waals surface area (Å²) in [6.45, 7) is 2.91. The van der Waals surface area contributed by atoms with Crippen LogP contribution in [0.5, 0.6) is 0 Å². The van der Waals surface area contributed by atoms with Crippen molar-refractivity contribution in [3.8, 4) is 0 Å². The van der Waals surface area contributed by atoms with Crippen molar-refractivity contribution < 1.29 is 23.9 Å². The lowest BCUT2D eigenvalue weighted by molar-refractivity contribution is -0.141. The summed E-state index contributed by atoms with van der Waals surface area (Å²) in [7, 11) is 0. The van der Waals surface area contributed by atoms with E-state index in [1.807, 2.05) is 18.2 Å². The molecule has 0 radical (unpaired) electrons. The molecule has 3 amide bonds. The molecule has 0 aliphatic carbocycles. The van der Waals surface area contributed by atoms with Crippen LogP contribution in [0.3, 0.4) is 0 Å². The molecular formula is C26H28ClN3O5. The Labute approximate surface area is 209 Å². The van der Waals surface area contributed by atoms with E-state index in [9.17, 15) is 14.4 Å². The van der Waals surface area contributed by atoms with Gasteiger partial charge in [-0.05, 0) is 30.3 Å². The number of halogens is 1. The molecule has 8 nitrogen and oxygen atoms in total. The van der Waals surface area contributed by atoms with Gasteiger partial charge >= 0.3 is 0 Å². The molecule has 1 spiro atoms. The second-order valence-corrected chi connectivity index (χ2v) is 9.49. The summed E-state index contributed by atoms with van der Waals surface area (Å²) in [4.78, 5) is 45.4. The zero-order valence-corrected chi connectivity index (χ0v) is 20.2. The number of carbonyl (C=O) groups is 3. The predicted octanol–water partition coefficient (Wildman–Crippen LogP) is 2.67. The van der Waals surface area contributed by atoms with Crippen LogP contribution in [-0.4, -0.2) is 90.2 Å². The Kier molecular flexibility index (Phi) is 6.77. The van der Waals surface area contributed by atoms with Gasteiger partial charge in [0.1, 0.15) is 11.8 Å². The molecule has 5 rings (SSSR count). The number of morpholine rings is 1. The molecule has 3 aliphatic rings. The highest BCUT2D eigenvalue weighted by atomic mass is 35.5. The first-order valence-corrected chi connectivity index (χ1v) is 12.3. The van der Waals surface area contributed by atoms with Crippen LogP contribution in [0.4, 0.5) is 0 Å². The maximum absolute atomic E-state index is 13.7. The fourth-order valence-electron chi connectivity index (χ4n) is 5.13. The van der Waals surface area contributed by atoms with Gasteiger partial charge in [0.05, 0.1) is 19.8 Å². The molecule has 1 atom stereocenters. The summed E-state index contributed by atoms with van der Waals surface area (Å²) in [6.07, 6.45) is 0.843. The summed E-state index contributed by atoms with van der Waals surface area (Å²) >= 11 is 6.07. The molecule has 3 saturated heterocycles. The van der Waals surface area contributed by atoms with E-state index in [4.69, 9.17) is 21.1 Å². The molecular weight excluding hydrogens is 470 g/mol. The maximum atomic E-state index is 13.7. The third kappa shape index (κ3) is 4.66. The average molecular weight is 498 g/mol. The largest absolute Gasteiger partial charge is 0.378 e. The molecule has 3 aliphatic heterocycles. The molecule has 0 saturated carbocycles. The summed E-state index contributed by atoms with van der Waals surface area (Å²) in [6, 6.07) is 15.1. The number of amides is 3. The van der Waals surface area contributed by atoms with E-state index in [1.165, 1.54) is 0 Å². The number of rotatable bonds is 3. The van der Waals surface area contributed by atoms with E-state index < -0.39 is 11.8 Å². The molecule has 3 heterocycles. The minimum Gasteiger partial charge on any atom is -0.378 e. The molecule has 2 aromatic carbocycles. The van der Waals surface area contributed by atoms with E-state index in [0.717, 1.165) is 0 Å². The zero-order chi connectivity index (χ0) is 24.4. The Morgan fingerprint density at radius 3 is 2.20 bits per heavy atom. The lowest BCUT2D eigenvalue weighted by atomic mass is 9.96. The summed E-state index contributed by atoms with van der Waals surface area (Å²) in [5.41, 5.74) is 0.0953. The van der Waals surface area contributed by atoms with Crippen LogP contribution in [0.1, 0.15) is 33.6 Å². The van der Waals surface area contributed by atoms with Crippen molar-refractivity contribution in [2.75, 3.05) is 46.0 Å². The number of nitrogens with zero attached hydrogens (tertiary/aromatic N) is 3. The molecule has 9 heteroatoms. The van der Waals surface area contributed by atoms with Crippen molar-refractivity contribution >= 4 is 29.3 Å². The number of hydrogen-bond acceptors (Lipinski definition) is 5. The van der Waals surface area contributed by atoms with Gasteiger partial charge in [-0.3, -0.25) is 19.3 Å². The van der Waals surface area contributed by atoms with Gasteiger partial charge in [0.2, 0.25) is 5.91 Å². The monoisotopic (exact) mass is 497 g/mol. The Morgan fingerprint density at radius 1 is 0.829 bits per heavy atom. The highest BCUT2D eigenvalue weighted by molar-refractivity contribution is 6.30.